The SMILES string of the molecule is c1ccc(-c2cc(-c3ccccc3)cc(N(c3ccc(-c4cccc(N5c6ccccc6Oc6ccccc65)c4)cc3)c3cc(-c4ccccc4)cc(-c4ccccc4)c3)c2)cc1. The lowest BCUT2D eigenvalue weighted by Crippen LogP contribution is -2.15. The van der Waals surface area contributed by atoms with E-state index in [-0.39, 0.29) is 0 Å². The predicted octanol–water partition coefficient (Wildman–Crippen LogP) is 17.1. The largest absolute Gasteiger partial charge is 0.453 e. The average molecular weight is 807 g/mol. The van der Waals surface area contributed by atoms with E-state index in [0.29, 0.717) is 0 Å². The number of ether oxygens (including phenoxy) is 1. The minimum Gasteiger partial charge on any atom is -0.453 e. The summed E-state index contributed by atoms with van der Waals surface area (Å²) in [7, 11) is 0. The maximum atomic E-state index is 6.34. The van der Waals surface area contributed by atoms with Gasteiger partial charge in [-0.1, -0.05) is 170 Å². The molecule has 0 unspecified atom stereocenters. The van der Waals surface area contributed by atoms with Crippen molar-refractivity contribution in [2.24, 2.45) is 0 Å². The van der Waals surface area contributed by atoms with Crippen molar-refractivity contribution >= 4 is 34.1 Å². The Kier molecular flexibility index (Phi) is 9.89. The van der Waals surface area contributed by atoms with Gasteiger partial charge in [0.05, 0.1) is 11.4 Å². The van der Waals surface area contributed by atoms with Crippen LogP contribution in [0.2, 0.25) is 0 Å². The van der Waals surface area contributed by atoms with Gasteiger partial charge in [0.1, 0.15) is 0 Å². The van der Waals surface area contributed by atoms with E-state index >= 15 is 0 Å². The highest BCUT2D eigenvalue weighted by Crippen LogP contribution is 2.51. The van der Waals surface area contributed by atoms with Crippen LogP contribution in [0.25, 0.3) is 55.6 Å². The third-order valence-electron chi connectivity index (χ3n) is 11.8. The normalized spacial score (nSPS) is 11.6. The van der Waals surface area contributed by atoms with Crippen molar-refractivity contribution in [3.8, 4) is 67.1 Å². The summed E-state index contributed by atoms with van der Waals surface area (Å²) in [5, 5.41) is 0. The van der Waals surface area contributed by atoms with Crippen LogP contribution in [-0.2, 0) is 0 Å². The van der Waals surface area contributed by atoms with Gasteiger partial charge in [0.15, 0.2) is 11.5 Å². The van der Waals surface area contributed by atoms with Crippen LogP contribution in [0.5, 0.6) is 11.5 Å². The van der Waals surface area contributed by atoms with Gasteiger partial charge in [-0.15, -0.1) is 0 Å². The van der Waals surface area contributed by atoms with E-state index in [9.17, 15) is 0 Å². The summed E-state index contributed by atoms with van der Waals surface area (Å²) < 4.78 is 6.34. The molecule has 1 aliphatic rings. The summed E-state index contributed by atoms with van der Waals surface area (Å²) in [6, 6.07) is 91.0. The number of nitrogens with zero attached hydrogens (tertiary/aromatic N) is 2. The van der Waals surface area contributed by atoms with E-state index in [1.54, 1.807) is 0 Å². The standard InChI is InChI=1S/C60H42N2O/c1-5-18-43(19-6-1)49-36-50(44-20-7-2-8-21-44)40-55(39-49)61(56-41-51(45-22-9-3-10-23-45)37-52(42-56)46-24-11-4-12-25-46)53-34-32-47(33-35-53)48-26-17-27-54(38-48)62-57-28-13-15-30-59(57)63-60-31-16-14-29-58(60)62/h1-42H. The van der Waals surface area contributed by atoms with Crippen molar-refractivity contribution in [1.82, 2.24) is 0 Å². The number of rotatable bonds is 9. The fourth-order valence-electron chi connectivity index (χ4n) is 8.73. The van der Waals surface area contributed by atoms with Gasteiger partial charge in [0, 0.05) is 22.7 Å². The van der Waals surface area contributed by atoms with Crippen LogP contribution in [0.15, 0.2) is 255 Å². The van der Waals surface area contributed by atoms with Crippen molar-refractivity contribution in [1.29, 1.82) is 0 Å². The lowest BCUT2D eigenvalue weighted by molar-refractivity contribution is 0.477. The molecule has 3 heteroatoms. The van der Waals surface area contributed by atoms with Crippen LogP contribution in [-0.4, -0.2) is 0 Å². The highest BCUT2D eigenvalue weighted by Gasteiger charge is 2.26. The van der Waals surface area contributed by atoms with Gasteiger partial charge in [-0.2, -0.15) is 0 Å². The molecular weight excluding hydrogens is 765 g/mol. The van der Waals surface area contributed by atoms with E-state index < -0.39 is 0 Å². The van der Waals surface area contributed by atoms with Crippen LogP contribution in [0, 0.1) is 0 Å². The first kappa shape index (κ1) is 37.6. The van der Waals surface area contributed by atoms with Gasteiger partial charge in [0.2, 0.25) is 0 Å². The van der Waals surface area contributed by atoms with Gasteiger partial charge in [0.25, 0.3) is 0 Å². The summed E-state index contributed by atoms with van der Waals surface area (Å²) >= 11 is 0. The van der Waals surface area contributed by atoms with E-state index in [2.05, 4.69) is 240 Å². The average Bonchev–Trinajstić information content (AvgIpc) is 3.37. The Labute approximate surface area is 369 Å². The Morgan fingerprint density at radius 3 is 1.05 bits per heavy atom. The van der Waals surface area contributed by atoms with Crippen LogP contribution in [0.1, 0.15) is 0 Å². The zero-order chi connectivity index (χ0) is 42.0. The van der Waals surface area contributed by atoms with Crippen LogP contribution in [0.3, 0.4) is 0 Å². The van der Waals surface area contributed by atoms with Crippen LogP contribution in [0.4, 0.5) is 34.1 Å². The van der Waals surface area contributed by atoms with Gasteiger partial charge in [-0.3, -0.25) is 0 Å². The Morgan fingerprint density at radius 2 is 0.619 bits per heavy atom. The minimum absolute atomic E-state index is 0.838. The molecule has 0 radical (unpaired) electrons. The van der Waals surface area contributed by atoms with E-state index in [1.165, 1.54) is 22.3 Å². The fourth-order valence-corrected chi connectivity index (χ4v) is 8.73. The summed E-state index contributed by atoms with van der Waals surface area (Å²) in [4.78, 5) is 4.71. The highest BCUT2D eigenvalue weighted by atomic mass is 16.5. The molecule has 3 nitrogen and oxygen atoms in total. The number of para-hydroxylation sites is 4. The molecule has 11 rings (SSSR count). The smallest absolute Gasteiger partial charge is 0.151 e. The Balaban J connectivity index is 1.07. The van der Waals surface area contributed by atoms with Gasteiger partial charge >= 0.3 is 0 Å². The second-order valence-corrected chi connectivity index (χ2v) is 15.8. The van der Waals surface area contributed by atoms with Crippen molar-refractivity contribution in [3.05, 3.63) is 255 Å². The molecule has 63 heavy (non-hydrogen) atoms. The van der Waals surface area contributed by atoms with Crippen molar-refractivity contribution in [2.75, 3.05) is 9.80 Å². The van der Waals surface area contributed by atoms with Gasteiger partial charge in [-0.25, -0.2) is 0 Å². The molecule has 0 aromatic heterocycles. The number of hydrogen-bond acceptors (Lipinski definition) is 3. The van der Waals surface area contributed by atoms with Crippen molar-refractivity contribution in [3.63, 3.8) is 0 Å². The maximum absolute atomic E-state index is 6.34. The monoisotopic (exact) mass is 806 g/mol. The lowest BCUT2D eigenvalue weighted by atomic mass is 9.95. The quantitative estimate of drug-likeness (QED) is 0.144. The maximum Gasteiger partial charge on any atom is 0.151 e. The molecule has 10 aromatic rings. The molecule has 0 amide bonds. The fraction of sp³-hybridized carbons (Fsp3) is 0. The highest BCUT2D eigenvalue weighted by molar-refractivity contribution is 5.90. The first-order valence-electron chi connectivity index (χ1n) is 21.4. The predicted molar refractivity (Wildman–Crippen MR) is 263 cm³/mol. The lowest BCUT2D eigenvalue weighted by Gasteiger charge is -2.33. The number of fused-ring (bicyclic) bond motifs is 2. The van der Waals surface area contributed by atoms with E-state index in [0.717, 1.165) is 79.0 Å². The molecule has 0 fully saturated rings. The number of hydrogen-bond donors (Lipinski definition) is 0. The topological polar surface area (TPSA) is 15.7 Å². The molecule has 0 aliphatic carbocycles. The first-order valence-corrected chi connectivity index (χ1v) is 21.4. The van der Waals surface area contributed by atoms with Crippen LogP contribution < -0.4 is 14.5 Å². The third kappa shape index (κ3) is 7.54. The second kappa shape index (κ2) is 16.6. The minimum atomic E-state index is 0.838. The molecule has 0 bridgehead atoms. The molecule has 1 heterocycles. The molecular formula is C60H42N2O. The molecule has 0 N–H and O–H groups in total. The third-order valence-corrected chi connectivity index (χ3v) is 11.8. The molecule has 1 aliphatic heterocycles. The van der Waals surface area contributed by atoms with E-state index in [4.69, 9.17) is 4.74 Å². The van der Waals surface area contributed by atoms with Crippen molar-refractivity contribution in [2.45, 2.75) is 0 Å². The zero-order valence-electron chi connectivity index (χ0n) is 34.6. The summed E-state index contributed by atoms with van der Waals surface area (Å²) in [6.07, 6.45) is 0. The summed E-state index contributed by atoms with van der Waals surface area (Å²) in [5.41, 5.74) is 17.8. The first-order chi connectivity index (χ1) is 31.2. The van der Waals surface area contributed by atoms with Crippen molar-refractivity contribution < 1.29 is 4.74 Å². The Bertz CT molecular complexity index is 2900. The molecule has 0 spiro atoms. The van der Waals surface area contributed by atoms with Gasteiger partial charge in [-0.05, 0) is 141 Å². The van der Waals surface area contributed by atoms with Gasteiger partial charge < -0.3 is 14.5 Å². The molecule has 10 aromatic carbocycles. The van der Waals surface area contributed by atoms with Crippen LogP contribution >= 0.6 is 0 Å². The van der Waals surface area contributed by atoms with E-state index in [1.807, 2.05) is 24.3 Å². The molecule has 0 saturated carbocycles. The number of anilines is 6. The zero-order valence-corrected chi connectivity index (χ0v) is 34.6. The number of benzene rings is 10. The Morgan fingerprint density at radius 1 is 0.254 bits per heavy atom. The molecule has 0 saturated heterocycles. The summed E-state index contributed by atoms with van der Waals surface area (Å²) in [6.45, 7) is 0. The molecule has 298 valence electrons. The molecule has 0 atom stereocenters. The summed E-state index contributed by atoms with van der Waals surface area (Å²) in [5.74, 6) is 1.68. The second-order valence-electron chi connectivity index (χ2n) is 15.8. The Hall–Kier alpha value is -8.40.